The monoisotopic (exact) mass is 312 g/mol. The minimum atomic E-state index is -0.423. The molecule has 22 heavy (non-hydrogen) atoms. The molecule has 0 saturated carbocycles. The zero-order valence-corrected chi connectivity index (χ0v) is 13.8. The Morgan fingerprint density at radius 1 is 1.14 bits per heavy atom. The van der Waals surface area contributed by atoms with Crippen LogP contribution in [0.5, 0.6) is 0 Å². The third kappa shape index (κ3) is 4.66. The van der Waals surface area contributed by atoms with Crippen LogP contribution < -0.4 is 10.6 Å². The molecule has 0 aromatic rings. The van der Waals surface area contributed by atoms with Gasteiger partial charge in [-0.15, -0.1) is 0 Å². The van der Waals surface area contributed by atoms with Gasteiger partial charge < -0.3 is 10.1 Å². The average molecular weight is 312 g/mol. The van der Waals surface area contributed by atoms with Crippen molar-refractivity contribution in [3.63, 3.8) is 0 Å². The van der Waals surface area contributed by atoms with Crippen molar-refractivity contribution < 1.29 is 14.3 Å². The lowest BCUT2D eigenvalue weighted by molar-refractivity contribution is -0.125. The van der Waals surface area contributed by atoms with Crippen molar-refractivity contribution in [2.24, 2.45) is 0 Å². The van der Waals surface area contributed by atoms with Crippen molar-refractivity contribution in [2.45, 2.75) is 45.3 Å². The van der Waals surface area contributed by atoms with Crippen molar-refractivity contribution in [2.75, 3.05) is 39.4 Å². The van der Waals surface area contributed by atoms with Gasteiger partial charge in [0.2, 0.25) is 5.91 Å². The summed E-state index contributed by atoms with van der Waals surface area (Å²) in [7, 11) is 0. The van der Waals surface area contributed by atoms with Crippen molar-refractivity contribution in [1.29, 1.82) is 0 Å². The highest BCUT2D eigenvalue weighted by Crippen LogP contribution is 2.15. The number of piperazine rings is 1. The van der Waals surface area contributed by atoms with E-state index >= 15 is 0 Å². The van der Waals surface area contributed by atoms with E-state index in [4.69, 9.17) is 4.74 Å². The second-order valence-corrected chi connectivity index (χ2v) is 6.38. The molecule has 2 atom stereocenters. The average Bonchev–Trinajstić information content (AvgIpc) is 2.99. The van der Waals surface area contributed by atoms with E-state index in [9.17, 15) is 9.59 Å². The maximum absolute atomic E-state index is 12.1. The van der Waals surface area contributed by atoms with E-state index < -0.39 is 6.03 Å². The molecule has 0 aromatic heterocycles. The number of hydrogen-bond acceptors (Lipinski definition) is 5. The summed E-state index contributed by atoms with van der Waals surface area (Å²) in [6.45, 7) is 10.8. The van der Waals surface area contributed by atoms with E-state index in [-0.39, 0.29) is 18.0 Å². The summed E-state index contributed by atoms with van der Waals surface area (Å²) in [5.74, 6) is -0.240. The molecule has 126 valence electrons. The maximum Gasteiger partial charge on any atom is 0.321 e. The zero-order chi connectivity index (χ0) is 16.1. The Morgan fingerprint density at radius 3 is 2.36 bits per heavy atom. The van der Waals surface area contributed by atoms with Gasteiger partial charge in [0.15, 0.2) is 0 Å². The Hall–Kier alpha value is -1.18. The molecule has 0 bridgehead atoms. The van der Waals surface area contributed by atoms with Crippen LogP contribution in [0.15, 0.2) is 0 Å². The lowest BCUT2D eigenvalue weighted by atomic mass is 10.1. The third-order valence-electron chi connectivity index (χ3n) is 4.35. The standard InChI is InChI=1S/C15H28N4O3/c1-11(2)16-15(21)17-14(20)12(3)18-5-7-19(8-6-18)13-4-9-22-10-13/h11-13H,4-10H2,1-3H3,(H2,16,17,20,21)/t12-,13+/m1/s1. The number of ether oxygens (including phenoxy) is 1. The first-order valence-corrected chi connectivity index (χ1v) is 8.14. The summed E-state index contributed by atoms with van der Waals surface area (Å²) in [6.07, 6.45) is 1.10. The fourth-order valence-corrected chi connectivity index (χ4v) is 2.98. The molecule has 2 N–H and O–H groups in total. The van der Waals surface area contributed by atoms with Gasteiger partial charge in [0, 0.05) is 44.9 Å². The molecule has 0 aromatic carbocycles. The van der Waals surface area contributed by atoms with Crippen LogP contribution in [0.4, 0.5) is 4.79 Å². The predicted octanol–water partition coefficient (Wildman–Crippen LogP) is 0.0156. The van der Waals surface area contributed by atoms with Gasteiger partial charge in [-0.1, -0.05) is 0 Å². The van der Waals surface area contributed by atoms with Gasteiger partial charge in [0.25, 0.3) is 0 Å². The number of rotatable bonds is 4. The smallest absolute Gasteiger partial charge is 0.321 e. The topological polar surface area (TPSA) is 73.9 Å². The summed E-state index contributed by atoms with van der Waals surface area (Å²) in [6, 6.07) is -0.170. The summed E-state index contributed by atoms with van der Waals surface area (Å²) < 4.78 is 5.43. The minimum absolute atomic E-state index is 0.0141. The van der Waals surface area contributed by atoms with Gasteiger partial charge in [-0.25, -0.2) is 4.79 Å². The minimum Gasteiger partial charge on any atom is -0.380 e. The third-order valence-corrected chi connectivity index (χ3v) is 4.35. The molecule has 0 radical (unpaired) electrons. The van der Waals surface area contributed by atoms with Gasteiger partial charge in [0.05, 0.1) is 12.6 Å². The molecular weight excluding hydrogens is 284 g/mol. The molecule has 0 unspecified atom stereocenters. The molecule has 3 amide bonds. The highest BCUT2D eigenvalue weighted by molar-refractivity contribution is 5.96. The van der Waals surface area contributed by atoms with E-state index in [1.807, 2.05) is 20.8 Å². The number of nitrogens with zero attached hydrogens (tertiary/aromatic N) is 2. The number of urea groups is 1. The van der Waals surface area contributed by atoms with Gasteiger partial charge in [0.1, 0.15) is 0 Å². The molecule has 7 heteroatoms. The SMILES string of the molecule is CC(C)NC(=O)NC(=O)[C@@H](C)N1CCN([C@H]2CCOC2)CC1. The Balaban J connectivity index is 1.75. The number of nitrogens with one attached hydrogen (secondary N) is 2. The van der Waals surface area contributed by atoms with Crippen molar-refractivity contribution in [3.05, 3.63) is 0 Å². The predicted molar refractivity (Wildman–Crippen MR) is 83.6 cm³/mol. The van der Waals surface area contributed by atoms with Crippen molar-refractivity contribution >= 4 is 11.9 Å². The molecule has 2 aliphatic rings. The molecule has 0 spiro atoms. The van der Waals surface area contributed by atoms with Crippen LogP contribution >= 0.6 is 0 Å². The maximum atomic E-state index is 12.1. The van der Waals surface area contributed by atoms with E-state index in [0.29, 0.717) is 6.04 Å². The Morgan fingerprint density at radius 2 is 1.82 bits per heavy atom. The van der Waals surface area contributed by atoms with Gasteiger partial charge in [-0.2, -0.15) is 0 Å². The number of imide groups is 1. The van der Waals surface area contributed by atoms with Gasteiger partial charge in [-0.3, -0.25) is 19.9 Å². The van der Waals surface area contributed by atoms with Gasteiger partial charge >= 0.3 is 6.03 Å². The molecule has 2 fully saturated rings. The van der Waals surface area contributed by atoms with Crippen molar-refractivity contribution in [1.82, 2.24) is 20.4 Å². The van der Waals surface area contributed by atoms with E-state index in [1.165, 1.54) is 0 Å². The number of carbonyl (C=O) groups is 2. The molecule has 2 heterocycles. The Labute approximate surface area is 132 Å². The zero-order valence-electron chi connectivity index (χ0n) is 13.8. The molecule has 2 rings (SSSR count). The summed E-state index contributed by atoms with van der Waals surface area (Å²) >= 11 is 0. The van der Waals surface area contributed by atoms with Crippen LogP contribution in [0, 0.1) is 0 Å². The van der Waals surface area contributed by atoms with E-state index in [0.717, 1.165) is 45.8 Å². The van der Waals surface area contributed by atoms with E-state index in [2.05, 4.69) is 20.4 Å². The lowest BCUT2D eigenvalue weighted by Crippen LogP contribution is -2.57. The van der Waals surface area contributed by atoms with E-state index in [1.54, 1.807) is 0 Å². The highest BCUT2D eigenvalue weighted by Gasteiger charge is 2.30. The second kappa shape index (κ2) is 7.89. The van der Waals surface area contributed by atoms with Crippen LogP contribution in [-0.4, -0.2) is 79.3 Å². The van der Waals surface area contributed by atoms with Crippen LogP contribution in [0.25, 0.3) is 0 Å². The fourth-order valence-electron chi connectivity index (χ4n) is 2.98. The first-order chi connectivity index (χ1) is 10.5. The summed E-state index contributed by atoms with van der Waals surface area (Å²) in [5, 5.41) is 5.07. The highest BCUT2D eigenvalue weighted by atomic mass is 16.5. The molecule has 0 aliphatic carbocycles. The summed E-state index contributed by atoms with van der Waals surface area (Å²) in [4.78, 5) is 28.3. The van der Waals surface area contributed by atoms with Crippen LogP contribution in [0.1, 0.15) is 27.2 Å². The Bertz CT molecular complexity index is 388. The largest absolute Gasteiger partial charge is 0.380 e. The van der Waals surface area contributed by atoms with Crippen LogP contribution in [-0.2, 0) is 9.53 Å². The molecule has 2 aliphatic heterocycles. The molecule has 7 nitrogen and oxygen atoms in total. The normalized spacial score (nSPS) is 25.2. The van der Waals surface area contributed by atoms with Crippen molar-refractivity contribution in [3.8, 4) is 0 Å². The number of carbonyl (C=O) groups excluding carboxylic acids is 2. The second-order valence-electron chi connectivity index (χ2n) is 6.38. The Kier molecular flexibility index (Phi) is 6.16. The van der Waals surface area contributed by atoms with Crippen LogP contribution in [0.2, 0.25) is 0 Å². The molecule has 2 saturated heterocycles. The first-order valence-electron chi connectivity index (χ1n) is 8.14. The summed E-state index contributed by atoms with van der Waals surface area (Å²) in [5.41, 5.74) is 0. The molecular formula is C15H28N4O3. The quantitative estimate of drug-likeness (QED) is 0.765. The van der Waals surface area contributed by atoms with Gasteiger partial charge in [-0.05, 0) is 27.2 Å². The number of hydrogen-bond donors (Lipinski definition) is 2. The lowest BCUT2D eigenvalue weighted by Gasteiger charge is -2.39. The fraction of sp³-hybridized carbons (Fsp3) is 0.867. The first kappa shape index (κ1) is 17.2. The van der Waals surface area contributed by atoms with Crippen LogP contribution in [0.3, 0.4) is 0 Å². The number of amides is 3.